The van der Waals surface area contributed by atoms with Crippen molar-refractivity contribution in [3.63, 3.8) is 0 Å². The van der Waals surface area contributed by atoms with Crippen LogP contribution in [0.3, 0.4) is 0 Å². The summed E-state index contributed by atoms with van der Waals surface area (Å²) in [6, 6.07) is 0. The van der Waals surface area contributed by atoms with Gasteiger partial charge in [0.05, 0.1) is 5.41 Å². The van der Waals surface area contributed by atoms with Crippen LogP contribution in [0.25, 0.3) is 0 Å². The topological polar surface area (TPSA) is 75.6 Å². The molecule has 2 atom stereocenters. The average molecular weight is 243 g/mol. The van der Waals surface area contributed by atoms with Gasteiger partial charge >= 0.3 is 12.1 Å². The molecule has 5 heteroatoms. The Morgan fingerprint density at radius 3 is 2.41 bits per heavy atom. The Bertz CT molecular complexity index is 321. The number of carboxylic acid groups (broad SMARTS) is 1. The van der Waals surface area contributed by atoms with E-state index >= 15 is 0 Å². The van der Waals surface area contributed by atoms with E-state index in [1.165, 1.54) is 0 Å². The van der Waals surface area contributed by atoms with Crippen molar-refractivity contribution < 1.29 is 19.4 Å². The van der Waals surface area contributed by atoms with Crippen molar-refractivity contribution in [2.75, 3.05) is 6.54 Å². The molecule has 0 heterocycles. The molecule has 1 amide bonds. The number of alkyl carbamates (subject to hydrolysis) is 1. The predicted molar refractivity (Wildman–Crippen MR) is 62.7 cm³/mol. The van der Waals surface area contributed by atoms with Crippen LogP contribution in [0, 0.1) is 11.3 Å². The van der Waals surface area contributed by atoms with Gasteiger partial charge in [-0.05, 0) is 46.5 Å². The number of aliphatic carboxylic acids is 1. The smallest absolute Gasteiger partial charge is 0.407 e. The summed E-state index contributed by atoms with van der Waals surface area (Å²) >= 11 is 0. The van der Waals surface area contributed by atoms with Gasteiger partial charge in [0.2, 0.25) is 0 Å². The summed E-state index contributed by atoms with van der Waals surface area (Å²) < 4.78 is 5.09. The van der Waals surface area contributed by atoms with Crippen LogP contribution in [-0.4, -0.2) is 29.3 Å². The number of amides is 1. The highest BCUT2D eigenvalue weighted by atomic mass is 16.6. The van der Waals surface area contributed by atoms with Gasteiger partial charge in [0, 0.05) is 6.54 Å². The minimum atomic E-state index is -0.792. The molecule has 17 heavy (non-hydrogen) atoms. The minimum Gasteiger partial charge on any atom is -0.481 e. The largest absolute Gasteiger partial charge is 0.481 e. The van der Waals surface area contributed by atoms with Crippen molar-refractivity contribution >= 4 is 12.1 Å². The molecule has 1 saturated carbocycles. The second kappa shape index (κ2) is 4.55. The second-order valence-corrected chi connectivity index (χ2v) is 5.84. The van der Waals surface area contributed by atoms with Crippen LogP contribution < -0.4 is 5.32 Å². The highest BCUT2D eigenvalue weighted by Crippen LogP contribution is 2.46. The van der Waals surface area contributed by atoms with Crippen molar-refractivity contribution in [3.8, 4) is 0 Å². The molecule has 0 bridgehead atoms. The standard InChI is InChI=1S/C12H21NO4/c1-11(2,3)17-10(16)13-7-8-5-6-12(8,4)9(14)15/h8H,5-7H2,1-4H3,(H,13,16)(H,14,15). The van der Waals surface area contributed by atoms with Crippen LogP contribution in [-0.2, 0) is 9.53 Å². The van der Waals surface area contributed by atoms with Gasteiger partial charge in [0.1, 0.15) is 5.60 Å². The first-order valence-electron chi connectivity index (χ1n) is 5.85. The number of rotatable bonds is 3. The van der Waals surface area contributed by atoms with Crippen molar-refractivity contribution in [1.82, 2.24) is 5.32 Å². The Morgan fingerprint density at radius 1 is 1.47 bits per heavy atom. The Balaban J connectivity index is 2.38. The van der Waals surface area contributed by atoms with Crippen molar-refractivity contribution in [1.29, 1.82) is 0 Å². The fraction of sp³-hybridized carbons (Fsp3) is 0.833. The van der Waals surface area contributed by atoms with Crippen LogP contribution in [0.4, 0.5) is 4.79 Å². The van der Waals surface area contributed by atoms with E-state index in [2.05, 4.69) is 5.32 Å². The van der Waals surface area contributed by atoms with Gasteiger partial charge in [-0.15, -0.1) is 0 Å². The zero-order valence-corrected chi connectivity index (χ0v) is 10.9. The maximum atomic E-state index is 11.4. The third-order valence-corrected chi connectivity index (χ3v) is 3.29. The maximum absolute atomic E-state index is 11.4. The molecule has 1 rings (SSSR count). The van der Waals surface area contributed by atoms with Crippen LogP contribution in [0.15, 0.2) is 0 Å². The minimum absolute atomic E-state index is 0.00693. The van der Waals surface area contributed by atoms with E-state index in [-0.39, 0.29) is 5.92 Å². The third kappa shape index (κ3) is 3.35. The number of ether oxygens (including phenoxy) is 1. The summed E-state index contributed by atoms with van der Waals surface area (Å²) in [7, 11) is 0. The molecule has 1 fully saturated rings. The Hall–Kier alpha value is -1.26. The monoisotopic (exact) mass is 243 g/mol. The van der Waals surface area contributed by atoms with Crippen LogP contribution >= 0.6 is 0 Å². The molecular formula is C12H21NO4. The van der Waals surface area contributed by atoms with Gasteiger partial charge in [0.15, 0.2) is 0 Å². The van der Waals surface area contributed by atoms with Gasteiger partial charge < -0.3 is 15.2 Å². The Kier molecular flexibility index (Phi) is 3.69. The Labute approximate surface area is 102 Å². The molecule has 0 aromatic rings. The van der Waals surface area contributed by atoms with E-state index in [9.17, 15) is 9.59 Å². The fourth-order valence-electron chi connectivity index (χ4n) is 1.91. The van der Waals surface area contributed by atoms with Gasteiger partial charge in [-0.3, -0.25) is 4.79 Å². The molecule has 1 aliphatic rings. The quantitative estimate of drug-likeness (QED) is 0.795. The molecule has 98 valence electrons. The third-order valence-electron chi connectivity index (χ3n) is 3.29. The first-order valence-corrected chi connectivity index (χ1v) is 5.85. The lowest BCUT2D eigenvalue weighted by atomic mass is 9.61. The van der Waals surface area contributed by atoms with E-state index < -0.39 is 23.1 Å². The fourth-order valence-corrected chi connectivity index (χ4v) is 1.91. The van der Waals surface area contributed by atoms with Gasteiger partial charge in [-0.2, -0.15) is 0 Å². The molecular weight excluding hydrogens is 222 g/mol. The van der Waals surface area contributed by atoms with E-state index in [0.717, 1.165) is 6.42 Å². The first-order chi connectivity index (χ1) is 7.65. The highest BCUT2D eigenvalue weighted by molar-refractivity contribution is 5.76. The first kappa shape index (κ1) is 13.8. The summed E-state index contributed by atoms with van der Waals surface area (Å²) in [6.45, 7) is 7.45. The van der Waals surface area contributed by atoms with E-state index in [0.29, 0.717) is 13.0 Å². The number of carbonyl (C=O) groups is 2. The number of carboxylic acids is 1. The summed E-state index contributed by atoms with van der Waals surface area (Å²) in [5.41, 5.74) is -1.23. The van der Waals surface area contributed by atoms with Crippen LogP contribution in [0.1, 0.15) is 40.5 Å². The molecule has 0 aliphatic heterocycles. The summed E-state index contributed by atoms with van der Waals surface area (Å²) in [5, 5.41) is 11.7. The lowest BCUT2D eigenvalue weighted by Crippen LogP contribution is -2.49. The van der Waals surface area contributed by atoms with Gasteiger partial charge in [-0.1, -0.05) is 0 Å². The molecule has 0 saturated heterocycles. The molecule has 2 N–H and O–H groups in total. The molecule has 0 radical (unpaired) electrons. The molecule has 2 unspecified atom stereocenters. The van der Waals surface area contributed by atoms with Gasteiger partial charge in [0.25, 0.3) is 0 Å². The van der Waals surface area contributed by atoms with E-state index in [1.807, 2.05) is 0 Å². The number of hydrogen-bond acceptors (Lipinski definition) is 3. The van der Waals surface area contributed by atoms with Crippen molar-refractivity contribution in [2.24, 2.45) is 11.3 Å². The highest BCUT2D eigenvalue weighted by Gasteiger charge is 2.48. The predicted octanol–water partition coefficient (Wildman–Crippen LogP) is 2.01. The Morgan fingerprint density at radius 2 is 2.06 bits per heavy atom. The van der Waals surface area contributed by atoms with Crippen molar-refractivity contribution in [2.45, 2.75) is 46.1 Å². The lowest BCUT2D eigenvalue weighted by molar-refractivity contribution is -0.158. The molecule has 5 nitrogen and oxygen atoms in total. The van der Waals surface area contributed by atoms with E-state index in [1.54, 1.807) is 27.7 Å². The molecule has 0 aromatic carbocycles. The molecule has 0 spiro atoms. The van der Waals surface area contributed by atoms with Gasteiger partial charge in [-0.25, -0.2) is 4.79 Å². The SMILES string of the molecule is CC(C)(C)OC(=O)NCC1CCC1(C)C(=O)O. The molecule has 0 aromatic heterocycles. The van der Waals surface area contributed by atoms with Crippen LogP contribution in [0.5, 0.6) is 0 Å². The number of nitrogens with one attached hydrogen (secondary N) is 1. The van der Waals surface area contributed by atoms with E-state index in [4.69, 9.17) is 9.84 Å². The van der Waals surface area contributed by atoms with Crippen molar-refractivity contribution in [3.05, 3.63) is 0 Å². The number of carbonyl (C=O) groups excluding carboxylic acids is 1. The van der Waals surface area contributed by atoms with Crippen LogP contribution in [0.2, 0.25) is 0 Å². The summed E-state index contributed by atoms with van der Waals surface area (Å²) in [5.74, 6) is -0.799. The normalized spacial score (nSPS) is 28.1. The number of hydrogen-bond donors (Lipinski definition) is 2. The maximum Gasteiger partial charge on any atom is 0.407 e. The zero-order valence-electron chi connectivity index (χ0n) is 10.9. The average Bonchev–Trinajstić information content (AvgIpc) is 2.11. The lowest BCUT2D eigenvalue weighted by Gasteiger charge is -2.43. The second-order valence-electron chi connectivity index (χ2n) is 5.84. The summed E-state index contributed by atoms with van der Waals surface area (Å²) in [6.07, 6.45) is 1.01. The zero-order chi connectivity index (χ0) is 13.3. The summed E-state index contributed by atoms with van der Waals surface area (Å²) in [4.78, 5) is 22.4. The molecule has 1 aliphatic carbocycles.